The van der Waals surface area contributed by atoms with Crippen molar-refractivity contribution in [2.45, 2.75) is 13.0 Å². The molecule has 0 bridgehead atoms. The number of furan rings is 1. The number of rotatable bonds is 5. The van der Waals surface area contributed by atoms with Crippen LogP contribution in [0, 0.1) is 5.82 Å². The number of nitrogens with zero attached hydrogens (tertiary/aromatic N) is 1. The molecule has 6 heteroatoms. The van der Waals surface area contributed by atoms with Crippen molar-refractivity contribution in [3.8, 4) is 11.5 Å². The van der Waals surface area contributed by atoms with Crippen molar-refractivity contribution in [2.75, 3.05) is 0 Å². The number of carbonyl (C=O) groups excluding carboxylic acids is 1. The summed E-state index contributed by atoms with van der Waals surface area (Å²) in [4.78, 5) is 11.9. The Morgan fingerprint density at radius 2 is 1.85 bits per heavy atom. The van der Waals surface area contributed by atoms with Crippen molar-refractivity contribution in [3.05, 3.63) is 77.7 Å². The Bertz CT molecular complexity index is 1020. The normalized spacial score (nSPS) is 11.0. The Balaban J connectivity index is 1.38. The third kappa shape index (κ3) is 3.49. The van der Waals surface area contributed by atoms with Gasteiger partial charge in [0.1, 0.15) is 23.7 Å². The van der Waals surface area contributed by atoms with Gasteiger partial charge < -0.3 is 13.7 Å². The Morgan fingerprint density at radius 1 is 1.04 bits per heavy atom. The van der Waals surface area contributed by atoms with E-state index in [1.807, 2.05) is 30.3 Å². The standard InChI is InChI=1S/C20H14FNO4/c21-15-7-5-13(6-8-15)9-20(23)24-12-16-11-19(26-22-16)18-10-14-3-1-2-4-17(14)25-18/h1-8,10-11H,9,12H2. The van der Waals surface area contributed by atoms with Gasteiger partial charge in [-0.05, 0) is 29.8 Å². The molecule has 0 spiro atoms. The maximum Gasteiger partial charge on any atom is 0.310 e. The van der Waals surface area contributed by atoms with Crippen LogP contribution in [-0.4, -0.2) is 11.1 Å². The van der Waals surface area contributed by atoms with E-state index in [1.165, 1.54) is 12.1 Å². The van der Waals surface area contributed by atoms with Crippen LogP contribution in [0.5, 0.6) is 0 Å². The predicted molar refractivity (Wildman–Crippen MR) is 91.6 cm³/mol. The van der Waals surface area contributed by atoms with Crippen LogP contribution in [0.15, 0.2) is 69.6 Å². The van der Waals surface area contributed by atoms with E-state index in [0.717, 1.165) is 11.0 Å². The van der Waals surface area contributed by atoms with Crippen molar-refractivity contribution in [1.82, 2.24) is 5.16 Å². The Kier molecular flexibility index (Phi) is 4.23. The summed E-state index contributed by atoms with van der Waals surface area (Å²) < 4.78 is 29.0. The highest BCUT2D eigenvalue weighted by Gasteiger charge is 2.13. The number of carbonyl (C=O) groups is 1. The van der Waals surface area contributed by atoms with Crippen LogP contribution in [0.4, 0.5) is 4.39 Å². The van der Waals surface area contributed by atoms with Crippen molar-refractivity contribution in [1.29, 1.82) is 0 Å². The molecule has 0 aliphatic carbocycles. The molecule has 0 fully saturated rings. The summed E-state index contributed by atoms with van der Waals surface area (Å²) >= 11 is 0. The molecule has 2 aromatic heterocycles. The molecular formula is C20H14FNO4. The van der Waals surface area contributed by atoms with Gasteiger partial charge in [-0.2, -0.15) is 0 Å². The number of halogens is 1. The zero-order valence-electron chi connectivity index (χ0n) is 13.6. The first kappa shape index (κ1) is 16.1. The molecule has 0 aliphatic heterocycles. The molecular weight excluding hydrogens is 337 g/mol. The van der Waals surface area contributed by atoms with Crippen molar-refractivity contribution in [3.63, 3.8) is 0 Å². The molecule has 2 aromatic carbocycles. The summed E-state index contributed by atoms with van der Waals surface area (Å²) in [5.74, 6) is 0.251. The average molecular weight is 351 g/mol. The van der Waals surface area contributed by atoms with Gasteiger partial charge in [0.25, 0.3) is 0 Å². The molecule has 0 N–H and O–H groups in total. The Labute approximate surface area is 148 Å². The first-order valence-corrected chi connectivity index (χ1v) is 8.02. The lowest BCUT2D eigenvalue weighted by atomic mass is 10.1. The Hall–Kier alpha value is -3.41. The lowest BCUT2D eigenvalue weighted by Crippen LogP contribution is -2.08. The van der Waals surface area contributed by atoms with E-state index in [0.29, 0.717) is 22.8 Å². The second-order valence-electron chi connectivity index (χ2n) is 5.79. The number of fused-ring (bicyclic) bond motifs is 1. The first-order valence-electron chi connectivity index (χ1n) is 8.02. The molecule has 130 valence electrons. The Morgan fingerprint density at radius 3 is 2.65 bits per heavy atom. The fourth-order valence-electron chi connectivity index (χ4n) is 2.57. The quantitative estimate of drug-likeness (QED) is 0.495. The molecule has 0 atom stereocenters. The summed E-state index contributed by atoms with van der Waals surface area (Å²) in [5, 5.41) is 4.86. The van der Waals surface area contributed by atoms with E-state index in [1.54, 1.807) is 18.2 Å². The van der Waals surface area contributed by atoms with Crippen LogP contribution in [-0.2, 0) is 22.6 Å². The summed E-state index contributed by atoms with van der Waals surface area (Å²) in [7, 11) is 0. The smallest absolute Gasteiger partial charge is 0.310 e. The number of esters is 1. The highest BCUT2D eigenvalue weighted by molar-refractivity contribution is 5.81. The molecule has 4 rings (SSSR count). The van der Waals surface area contributed by atoms with Crippen LogP contribution in [0.25, 0.3) is 22.5 Å². The van der Waals surface area contributed by atoms with Crippen molar-refractivity contribution in [2.24, 2.45) is 0 Å². The summed E-state index contributed by atoms with van der Waals surface area (Å²) in [5.41, 5.74) is 1.92. The van der Waals surface area contributed by atoms with Crippen LogP contribution in [0.2, 0.25) is 0 Å². The average Bonchev–Trinajstić information content (AvgIpc) is 3.28. The van der Waals surface area contributed by atoms with E-state index < -0.39 is 5.97 Å². The lowest BCUT2D eigenvalue weighted by Gasteiger charge is -2.02. The van der Waals surface area contributed by atoms with Crippen LogP contribution >= 0.6 is 0 Å². The molecule has 5 nitrogen and oxygen atoms in total. The van der Waals surface area contributed by atoms with Gasteiger partial charge in [0.05, 0.1) is 6.42 Å². The van der Waals surface area contributed by atoms with Gasteiger partial charge in [-0.1, -0.05) is 35.5 Å². The number of hydrogen-bond acceptors (Lipinski definition) is 5. The van der Waals surface area contributed by atoms with E-state index in [2.05, 4.69) is 5.16 Å². The molecule has 26 heavy (non-hydrogen) atoms. The molecule has 0 saturated carbocycles. The fraction of sp³-hybridized carbons (Fsp3) is 0.100. The molecule has 2 heterocycles. The maximum atomic E-state index is 12.9. The molecule has 0 radical (unpaired) electrons. The van der Waals surface area contributed by atoms with Gasteiger partial charge in [-0.25, -0.2) is 4.39 Å². The van der Waals surface area contributed by atoms with E-state index in [9.17, 15) is 9.18 Å². The van der Waals surface area contributed by atoms with Gasteiger partial charge in [0, 0.05) is 11.5 Å². The van der Waals surface area contributed by atoms with Crippen LogP contribution < -0.4 is 0 Å². The third-order valence-corrected chi connectivity index (χ3v) is 3.87. The minimum absolute atomic E-state index is 0.0102. The largest absolute Gasteiger partial charge is 0.459 e. The maximum absolute atomic E-state index is 12.9. The number of benzene rings is 2. The molecule has 0 unspecified atom stereocenters. The fourth-order valence-corrected chi connectivity index (χ4v) is 2.57. The molecule has 0 amide bonds. The van der Waals surface area contributed by atoms with Gasteiger partial charge in [0.15, 0.2) is 5.76 Å². The van der Waals surface area contributed by atoms with Crippen molar-refractivity contribution >= 4 is 16.9 Å². The SMILES string of the molecule is O=C(Cc1ccc(F)cc1)OCc1cc(-c2cc3ccccc3o2)on1. The second kappa shape index (κ2) is 6.84. The van der Waals surface area contributed by atoms with Gasteiger partial charge in [-0.15, -0.1) is 0 Å². The first-order chi connectivity index (χ1) is 12.7. The highest BCUT2D eigenvalue weighted by atomic mass is 19.1. The highest BCUT2D eigenvalue weighted by Crippen LogP contribution is 2.28. The van der Waals surface area contributed by atoms with Gasteiger partial charge in [0.2, 0.25) is 5.76 Å². The minimum atomic E-state index is -0.426. The molecule has 0 saturated heterocycles. The lowest BCUT2D eigenvalue weighted by molar-refractivity contribution is -0.144. The summed E-state index contributed by atoms with van der Waals surface area (Å²) in [6.45, 7) is -0.0102. The van der Waals surface area contributed by atoms with Crippen LogP contribution in [0.3, 0.4) is 0 Å². The molecule has 4 aromatic rings. The van der Waals surface area contributed by atoms with E-state index in [4.69, 9.17) is 13.7 Å². The number of ether oxygens (including phenoxy) is 1. The third-order valence-electron chi connectivity index (χ3n) is 3.87. The predicted octanol–water partition coefficient (Wildman–Crippen LogP) is 4.51. The summed E-state index contributed by atoms with van der Waals surface area (Å²) in [6, 6.07) is 16.9. The van der Waals surface area contributed by atoms with E-state index >= 15 is 0 Å². The van der Waals surface area contributed by atoms with Gasteiger partial charge in [-0.3, -0.25) is 4.79 Å². The molecule has 0 aliphatic rings. The van der Waals surface area contributed by atoms with E-state index in [-0.39, 0.29) is 18.8 Å². The zero-order chi connectivity index (χ0) is 17.9. The van der Waals surface area contributed by atoms with Gasteiger partial charge >= 0.3 is 5.97 Å². The summed E-state index contributed by atoms with van der Waals surface area (Å²) in [6.07, 6.45) is 0.0640. The minimum Gasteiger partial charge on any atom is -0.459 e. The topological polar surface area (TPSA) is 65.5 Å². The monoisotopic (exact) mass is 351 g/mol. The number of hydrogen-bond donors (Lipinski definition) is 0. The van der Waals surface area contributed by atoms with Crippen LogP contribution in [0.1, 0.15) is 11.3 Å². The van der Waals surface area contributed by atoms with Crippen molar-refractivity contribution < 1.29 is 22.9 Å². The second-order valence-corrected chi connectivity index (χ2v) is 5.79. The number of aromatic nitrogens is 1. The number of para-hydroxylation sites is 1. The zero-order valence-corrected chi connectivity index (χ0v) is 13.6.